The standard InChI is InChI=1S/C13H24N2O4/c1-6-19-11(16)13(4,5)15-9(2)7-14(12(17)18)8-10(15)3/h9-10H,6-8H2,1-5H3,(H,17,18). The fraction of sp³-hybridized carbons (Fsp3) is 0.846. The summed E-state index contributed by atoms with van der Waals surface area (Å²) in [5, 5.41) is 9.07. The van der Waals surface area contributed by atoms with Gasteiger partial charge in [-0.15, -0.1) is 0 Å². The first-order valence-electron chi connectivity index (χ1n) is 6.65. The zero-order valence-corrected chi connectivity index (χ0v) is 12.3. The number of piperazine rings is 1. The Hall–Kier alpha value is -1.30. The van der Waals surface area contributed by atoms with Crippen molar-refractivity contribution in [3.63, 3.8) is 0 Å². The topological polar surface area (TPSA) is 70.1 Å². The van der Waals surface area contributed by atoms with Gasteiger partial charge in [0.1, 0.15) is 5.54 Å². The lowest BCUT2D eigenvalue weighted by Crippen LogP contribution is -2.66. The van der Waals surface area contributed by atoms with Gasteiger partial charge in [-0.3, -0.25) is 9.69 Å². The van der Waals surface area contributed by atoms with E-state index in [4.69, 9.17) is 9.84 Å². The molecule has 0 spiro atoms. The van der Waals surface area contributed by atoms with Crippen LogP contribution in [0.2, 0.25) is 0 Å². The first-order valence-corrected chi connectivity index (χ1v) is 6.65. The van der Waals surface area contributed by atoms with E-state index in [1.165, 1.54) is 4.90 Å². The number of hydrogen-bond donors (Lipinski definition) is 1. The molecule has 0 aliphatic carbocycles. The molecule has 1 amide bonds. The number of rotatable bonds is 3. The Kier molecular flexibility index (Phi) is 4.79. The Labute approximate surface area is 114 Å². The SMILES string of the molecule is CCOC(=O)C(C)(C)N1C(C)CN(C(=O)O)CC1C. The first kappa shape index (κ1) is 15.8. The van der Waals surface area contributed by atoms with Crippen LogP contribution in [0.25, 0.3) is 0 Å². The molecule has 0 radical (unpaired) electrons. The van der Waals surface area contributed by atoms with Gasteiger partial charge in [-0.1, -0.05) is 0 Å². The minimum absolute atomic E-state index is 0.0285. The van der Waals surface area contributed by atoms with Crippen LogP contribution in [0.1, 0.15) is 34.6 Å². The lowest BCUT2D eigenvalue weighted by Gasteiger charge is -2.49. The third-order valence-corrected chi connectivity index (χ3v) is 3.61. The Morgan fingerprint density at radius 1 is 1.26 bits per heavy atom. The predicted octanol–water partition coefficient (Wildman–Crippen LogP) is 1.40. The van der Waals surface area contributed by atoms with Crippen molar-refractivity contribution >= 4 is 12.1 Å². The van der Waals surface area contributed by atoms with Gasteiger partial charge >= 0.3 is 12.1 Å². The van der Waals surface area contributed by atoms with Crippen LogP contribution in [0.5, 0.6) is 0 Å². The van der Waals surface area contributed by atoms with Gasteiger partial charge in [0.15, 0.2) is 0 Å². The molecule has 2 unspecified atom stereocenters. The summed E-state index contributed by atoms with van der Waals surface area (Å²) in [4.78, 5) is 26.6. The van der Waals surface area contributed by atoms with Gasteiger partial charge in [-0.2, -0.15) is 0 Å². The van der Waals surface area contributed by atoms with Gasteiger partial charge in [-0.25, -0.2) is 4.79 Å². The van der Waals surface area contributed by atoms with Crippen LogP contribution in [-0.4, -0.2) is 64.3 Å². The third kappa shape index (κ3) is 3.18. The van der Waals surface area contributed by atoms with Crippen LogP contribution >= 0.6 is 0 Å². The van der Waals surface area contributed by atoms with Crippen LogP contribution in [0.4, 0.5) is 4.79 Å². The van der Waals surface area contributed by atoms with Crippen molar-refractivity contribution < 1.29 is 19.4 Å². The highest BCUT2D eigenvalue weighted by atomic mass is 16.5. The molecule has 0 aromatic rings. The van der Waals surface area contributed by atoms with Crippen LogP contribution < -0.4 is 0 Å². The maximum atomic E-state index is 12.1. The molecule has 2 atom stereocenters. The Bertz CT molecular complexity index is 345. The molecule has 0 aromatic heterocycles. The summed E-state index contributed by atoms with van der Waals surface area (Å²) in [7, 11) is 0. The number of carbonyl (C=O) groups excluding carboxylic acids is 1. The summed E-state index contributed by atoms with van der Waals surface area (Å²) in [5.41, 5.74) is -0.751. The van der Waals surface area contributed by atoms with Crippen LogP contribution in [-0.2, 0) is 9.53 Å². The van der Waals surface area contributed by atoms with Gasteiger partial charge in [-0.05, 0) is 34.6 Å². The van der Waals surface area contributed by atoms with Crippen molar-refractivity contribution in [1.29, 1.82) is 0 Å². The number of carboxylic acid groups (broad SMARTS) is 1. The van der Waals surface area contributed by atoms with Crippen molar-refractivity contribution in [2.24, 2.45) is 0 Å². The summed E-state index contributed by atoms with van der Waals surface area (Å²) in [6.45, 7) is 10.5. The monoisotopic (exact) mass is 272 g/mol. The van der Waals surface area contributed by atoms with E-state index < -0.39 is 11.6 Å². The number of esters is 1. The average Bonchev–Trinajstić information content (AvgIpc) is 2.27. The van der Waals surface area contributed by atoms with Gasteiger partial charge in [0, 0.05) is 25.2 Å². The number of amides is 1. The van der Waals surface area contributed by atoms with Crippen molar-refractivity contribution in [2.75, 3.05) is 19.7 Å². The van der Waals surface area contributed by atoms with Gasteiger partial charge < -0.3 is 14.7 Å². The summed E-state index contributed by atoms with van der Waals surface area (Å²) in [6, 6.07) is -0.0569. The molecule has 1 heterocycles. The van der Waals surface area contributed by atoms with Crippen molar-refractivity contribution in [3.05, 3.63) is 0 Å². The second kappa shape index (κ2) is 5.77. The first-order chi connectivity index (χ1) is 8.71. The van der Waals surface area contributed by atoms with E-state index in [1.54, 1.807) is 6.92 Å². The number of hydrogen-bond acceptors (Lipinski definition) is 4. The fourth-order valence-electron chi connectivity index (χ4n) is 2.99. The smallest absolute Gasteiger partial charge is 0.407 e. The molecule has 0 saturated carbocycles. The fourth-order valence-corrected chi connectivity index (χ4v) is 2.99. The van der Waals surface area contributed by atoms with Crippen LogP contribution in [0, 0.1) is 0 Å². The number of nitrogens with zero attached hydrogens (tertiary/aromatic N) is 2. The van der Waals surface area contributed by atoms with E-state index >= 15 is 0 Å². The minimum atomic E-state index is -0.910. The second-order valence-electron chi connectivity index (χ2n) is 5.57. The molecular weight excluding hydrogens is 248 g/mol. The summed E-state index contributed by atoms with van der Waals surface area (Å²) in [6.07, 6.45) is -0.910. The lowest BCUT2D eigenvalue weighted by atomic mass is 9.95. The normalized spacial score (nSPS) is 25.2. The highest BCUT2D eigenvalue weighted by Gasteiger charge is 2.44. The van der Waals surface area contributed by atoms with Crippen molar-refractivity contribution in [2.45, 2.75) is 52.2 Å². The van der Waals surface area contributed by atoms with E-state index in [1.807, 2.05) is 32.6 Å². The van der Waals surface area contributed by atoms with Gasteiger partial charge in [0.05, 0.1) is 6.61 Å². The van der Waals surface area contributed by atoms with E-state index in [2.05, 4.69) is 0 Å². The molecule has 6 heteroatoms. The predicted molar refractivity (Wildman–Crippen MR) is 71.1 cm³/mol. The molecule has 1 aliphatic rings. The summed E-state index contributed by atoms with van der Waals surface area (Å²) in [5.74, 6) is -0.266. The molecule has 1 aliphatic heterocycles. The molecule has 1 saturated heterocycles. The average molecular weight is 272 g/mol. The largest absolute Gasteiger partial charge is 0.465 e. The van der Waals surface area contributed by atoms with Gasteiger partial charge in [0.25, 0.3) is 0 Å². The zero-order chi connectivity index (χ0) is 14.8. The minimum Gasteiger partial charge on any atom is -0.465 e. The van der Waals surface area contributed by atoms with Crippen molar-refractivity contribution in [1.82, 2.24) is 9.80 Å². The maximum Gasteiger partial charge on any atom is 0.407 e. The Morgan fingerprint density at radius 3 is 2.11 bits per heavy atom. The van der Waals surface area contributed by atoms with Crippen molar-refractivity contribution in [3.8, 4) is 0 Å². The molecule has 0 aromatic carbocycles. The number of carbonyl (C=O) groups is 2. The summed E-state index contributed by atoms with van der Waals surface area (Å²) < 4.78 is 5.12. The second-order valence-corrected chi connectivity index (χ2v) is 5.57. The van der Waals surface area contributed by atoms with Crippen LogP contribution in [0.15, 0.2) is 0 Å². The quantitative estimate of drug-likeness (QED) is 0.786. The van der Waals surface area contributed by atoms with E-state index in [0.29, 0.717) is 19.7 Å². The Balaban J connectivity index is 2.88. The third-order valence-electron chi connectivity index (χ3n) is 3.61. The highest BCUT2D eigenvalue weighted by Crippen LogP contribution is 2.27. The van der Waals surface area contributed by atoms with E-state index in [9.17, 15) is 9.59 Å². The Morgan fingerprint density at radius 2 is 1.74 bits per heavy atom. The van der Waals surface area contributed by atoms with E-state index in [0.717, 1.165) is 0 Å². The zero-order valence-electron chi connectivity index (χ0n) is 12.3. The molecular formula is C13H24N2O4. The maximum absolute atomic E-state index is 12.1. The molecule has 1 N–H and O–H groups in total. The molecule has 110 valence electrons. The number of ether oxygens (including phenoxy) is 1. The lowest BCUT2D eigenvalue weighted by molar-refractivity contribution is -0.161. The molecule has 1 rings (SSSR count). The summed E-state index contributed by atoms with van der Waals surface area (Å²) >= 11 is 0. The van der Waals surface area contributed by atoms with Gasteiger partial charge in [0.2, 0.25) is 0 Å². The molecule has 6 nitrogen and oxygen atoms in total. The molecule has 19 heavy (non-hydrogen) atoms. The van der Waals surface area contributed by atoms with E-state index in [-0.39, 0.29) is 18.1 Å². The van der Waals surface area contributed by atoms with Crippen LogP contribution in [0.3, 0.4) is 0 Å². The highest BCUT2D eigenvalue weighted by molar-refractivity contribution is 5.80. The molecule has 0 bridgehead atoms. The molecule has 1 fully saturated rings.